The third-order valence-electron chi connectivity index (χ3n) is 5.07. The van der Waals surface area contributed by atoms with Crippen molar-refractivity contribution in [3.63, 3.8) is 0 Å². The molecule has 1 heterocycles. The molecule has 3 aromatic carbocycles. The molecule has 0 unspecified atom stereocenters. The van der Waals surface area contributed by atoms with Crippen molar-refractivity contribution < 1.29 is 17.9 Å². The third-order valence-corrected chi connectivity index (χ3v) is 6.88. The Morgan fingerprint density at radius 1 is 0.969 bits per heavy atom. The molecule has 32 heavy (non-hydrogen) atoms. The smallest absolute Gasteiger partial charge is 0.241 e. The number of aromatic nitrogens is 1. The van der Waals surface area contributed by atoms with Gasteiger partial charge in [0.1, 0.15) is 5.75 Å². The van der Waals surface area contributed by atoms with Crippen molar-refractivity contribution in [3.8, 4) is 16.9 Å². The molecule has 4 aromatic rings. The molecular formula is C25H20N2O4S. The number of benzene rings is 3. The maximum atomic E-state index is 13.6. The molecule has 1 amide bonds. The summed E-state index contributed by atoms with van der Waals surface area (Å²) in [6, 6.07) is 19.0. The number of methoxy groups -OCH3 is 1. The number of carbonyl (C=O) groups is 1. The van der Waals surface area contributed by atoms with Gasteiger partial charge in [-0.1, -0.05) is 30.3 Å². The lowest BCUT2D eigenvalue weighted by molar-refractivity contribution is -0.113. The Hall–Kier alpha value is -3.97. The van der Waals surface area contributed by atoms with Crippen LogP contribution in [0.15, 0.2) is 95.0 Å². The van der Waals surface area contributed by atoms with E-state index in [9.17, 15) is 13.2 Å². The van der Waals surface area contributed by atoms with E-state index >= 15 is 0 Å². The fraction of sp³-hybridized carbons (Fsp3) is 0.0400. The van der Waals surface area contributed by atoms with Crippen molar-refractivity contribution >= 4 is 32.6 Å². The van der Waals surface area contributed by atoms with E-state index in [0.717, 1.165) is 10.8 Å². The zero-order valence-corrected chi connectivity index (χ0v) is 18.0. The molecule has 2 N–H and O–H groups in total. The first kappa shape index (κ1) is 21.3. The van der Waals surface area contributed by atoms with Gasteiger partial charge < -0.3 is 10.5 Å². The van der Waals surface area contributed by atoms with Crippen molar-refractivity contribution in [3.05, 3.63) is 90.8 Å². The van der Waals surface area contributed by atoms with Crippen LogP contribution in [-0.4, -0.2) is 26.4 Å². The Morgan fingerprint density at radius 2 is 1.72 bits per heavy atom. The standard InChI is InChI=1S/C25H20N2O4S/c1-31-20-9-6-18-15-21(10-7-17(18)14-20)32(29,30)24-5-3-2-4-23(24)22-12-13-27-16-19(22)8-11-25(26)28/h2-16H,1H3,(H2,26,28)/b11-8+. The average Bonchev–Trinajstić information content (AvgIpc) is 2.82. The highest BCUT2D eigenvalue weighted by Gasteiger charge is 2.23. The monoisotopic (exact) mass is 444 g/mol. The van der Waals surface area contributed by atoms with Gasteiger partial charge in [0.25, 0.3) is 0 Å². The zero-order valence-electron chi connectivity index (χ0n) is 17.2. The molecule has 1 aromatic heterocycles. The van der Waals surface area contributed by atoms with E-state index < -0.39 is 15.7 Å². The first-order valence-corrected chi connectivity index (χ1v) is 11.2. The first-order chi connectivity index (χ1) is 15.4. The summed E-state index contributed by atoms with van der Waals surface area (Å²) >= 11 is 0. The summed E-state index contributed by atoms with van der Waals surface area (Å²) in [5, 5.41) is 1.67. The minimum absolute atomic E-state index is 0.160. The molecule has 160 valence electrons. The Kier molecular flexibility index (Phi) is 5.75. The predicted molar refractivity (Wildman–Crippen MR) is 124 cm³/mol. The van der Waals surface area contributed by atoms with E-state index in [4.69, 9.17) is 10.5 Å². The number of carbonyl (C=O) groups excluding carboxylic acids is 1. The lowest BCUT2D eigenvalue weighted by atomic mass is 10.0. The molecule has 0 saturated carbocycles. The number of fused-ring (bicyclic) bond motifs is 1. The van der Waals surface area contributed by atoms with Crippen LogP contribution in [0.25, 0.3) is 28.0 Å². The van der Waals surface area contributed by atoms with Crippen LogP contribution in [-0.2, 0) is 14.6 Å². The Morgan fingerprint density at radius 3 is 2.50 bits per heavy atom. The topological polar surface area (TPSA) is 99.3 Å². The van der Waals surface area contributed by atoms with Crippen LogP contribution in [0.3, 0.4) is 0 Å². The average molecular weight is 445 g/mol. The number of rotatable bonds is 6. The molecule has 0 aliphatic rings. The normalized spacial score (nSPS) is 11.7. The van der Waals surface area contributed by atoms with Crippen LogP contribution in [0.4, 0.5) is 0 Å². The molecule has 0 aliphatic carbocycles. The molecule has 6 nitrogen and oxygen atoms in total. The van der Waals surface area contributed by atoms with Crippen LogP contribution in [0.1, 0.15) is 5.56 Å². The number of hydrogen-bond donors (Lipinski definition) is 1. The summed E-state index contributed by atoms with van der Waals surface area (Å²) in [7, 11) is -2.25. The maximum Gasteiger partial charge on any atom is 0.241 e. The highest BCUT2D eigenvalue weighted by atomic mass is 32.2. The van der Waals surface area contributed by atoms with Gasteiger partial charge in [-0.3, -0.25) is 9.78 Å². The number of nitrogens with two attached hydrogens (primary N) is 1. The van der Waals surface area contributed by atoms with Crippen molar-refractivity contribution in [1.29, 1.82) is 0 Å². The van der Waals surface area contributed by atoms with Gasteiger partial charge in [0.05, 0.1) is 16.9 Å². The van der Waals surface area contributed by atoms with Crippen molar-refractivity contribution in [1.82, 2.24) is 4.98 Å². The summed E-state index contributed by atoms with van der Waals surface area (Å²) in [6.45, 7) is 0. The van der Waals surface area contributed by atoms with E-state index in [-0.39, 0.29) is 9.79 Å². The minimum atomic E-state index is -3.84. The van der Waals surface area contributed by atoms with Crippen LogP contribution in [0.5, 0.6) is 5.75 Å². The molecular weight excluding hydrogens is 424 g/mol. The Bertz CT molecular complexity index is 1460. The van der Waals surface area contributed by atoms with Gasteiger partial charge in [-0.15, -0.1) is 0 Å². The SMILES string of the molecule is COc1ccc2cc(S(=O)(=O)c3ccccc3-c3ccncc3/C=C/C(N)=O)ccc2c1. The molecule has 0 atom stereocenters. The van der Waals surface area contributed by atoms with Gasteiger partial charge in [0, 0.05) is 29.6 Å². The molecule has 7 heteroatoms. The third kappa shape index (κ3) is 4.10. The summed E-state index contributed by atoms with van der Waals surface area (Å²) in [5.74, 6) is 0.0983. The molecule has 0 bridgehead atoms. The van der Waals surface area contributed by atoms with Gasteiger partial charge in [0.2, 0.25) is 15.7 Å². The molecule has 0 radical (unpaired) electrons. The van der Waals surface area contributed by atoms with E-state index in [1.54, 1.807) is 74.1 Å². The van der Waals surface area contributed by atoms with E-state index in [1.165, 1.54) is 12.2 Å². The highest BCUT2D eigenvalue weighted by molar-refractivity contribution is 7.91. The van der Waals surface area contributed by atoms with Gasteiger partial charge in [0.15, 0.2) is 0 Å². The molecule has 0 spiro atoms. The number of ether oxygens (including phenoxy) is 1. The molecule has 0 fully saturated rings. The maximum absolute atomic E-state index is 13.6. The van der Waals surface area contributed by atoms with E-state index in [1.807, 2.05) is 12.1 Å². The summed E-state index contributed by atoms with van der Waals surface area (Å²) < 4.78 is 32.5. The quantitative estimate of drug-likeness (QED) is 0.449. The second-order valence-corrected chi connectivity index (χ2v) is 8.99. The minimum Gasteiger partial charge on any atom is -0.497 e. The van der Waals surface area contributed by atoms with Crippen LogP contribution in [0, 0.1) is 0 Å². The predicted octanol–water partition coefficient (Wildman–Crippen LogP) is 4.24. The van der Waals surface area contributed by atoms with E-state index in [0.29, 0.717) is 22.4 Å². The molecule has 4 rings (SSSR count). The van der Waals surface area contributed by atoms with E-state index in [2.05, 4.69) is 4.98 Å². The second kappa shape index (κ2) is 8.64. The number of primary amides is 1. The second-order valence-electron chi connectivity index (χ2n) is 7.07. The number of hydrogen-bond acceptors (Lipinski definition) is 5. The molecule has 0 aliphatic heterocycles. The Labute approximate surface area is 185 Å². The van der Waals surface area contributed by atoms with Gasteiger partial charge >= 0.3 is 0 Å². The Balaban J connectivity index is 1.86. The van der Waals surface area contributed by atoms with Gasteiger partial charge in [-0.2, -0.15) is 0 Å². The summed E-state index contributed by atoms with van der Waals surface area (Å²) in [5.41, 5.74) is 6.94. The van der Waals surface area contributed by atoms with Crippen LogP contribution < -0.4 is 10.5 Å². The van der Waals surface area contributed by atoms with Gasteiger partial charge in [-0.25, -0.2) is 8.42 Å². The fourth-order valence-corrected chi connectivity index (χ4v) is 5.01. The first-order valence-electron chi connectivity index (χ1n) is 9.74. The summed E-state index contributed by atoms with van der Waals surface area (Å²) in [4.78, 5) is 15.6. The lowest BCUT2D eigenvalue weighted by Gasteiger charge is -2.13. The zero-order chi connectivity index (χ0) is 22.7. The van der Waals surface area contributed by atoms with Crippen molar-refractivity contribution in [2.75, 3.05) is 7.11 Å². The number of sulfone groups is 1. The van der Waals surface area contributed by atoms with Crippen molar-refractivity contribution in [2.45, 2.75) is 9.79 Å². The van der Waals surface area contributed by atoms with Crippen LogP contribution >= 0.6 is 0 Å². The summed E-state index contributed by atoms with van der Waals surface area (Å²) in [6.07, 6.45) is 5.87. The number of pyridine rings is 1. The fourth-order valence-electron chi connectivity index (χ4n) is 3.50. The van der Waals surface area contributed by atoms with Crippen molar-refractivity contribution in [2.24, 2.45) is 5.73 Å². The number of nitrogens with zero attached hydrogens (tertiary/aromatic N) is 1. The van der Waals surface area contributed by atoms with Crippen LogP contribution in [0.2, 0.25) is 0 Å². The van der Waals surface area contributed by atoms with Gasteiger partial charge in [-0.05, 0) is 58.8 Å². The largest absolute Gasteiger partial charge is 0.497 e. The lowest BCUT2D eigenvalue weighted by Crippen LogP contribution is -2.06. The highest BCUT2D eigenvalue weighted by Crippen LogP contribution is 2.34. The number of amides is 1. The molecule has 0 saturated heterocycles.